The molecule has 3 nitrogen and oxygen atoms in total. The smallest absolute Gasteiger partial charge is 0.265 e. The molecule has 5 heteroatoms. The molecule has 1 aromatic carbocycles. The zero-order valence-electron chi connectivity index (χ0n) is 10.9. The van der Waals surface area contributed by atoms with Gasteiger partial charge in [0.15, 0.2) is 0 Å². The van der Waals surface area contributed by atoms with Crippen molar-refractivity contribution in [1.82, 2.24) is 4.98 Å². The van der Waals surface area contributed by atoms with E-state index >= 15 is 0 Å². The Morgan fingerprint density at radius 1 is 1.05 bits per heavy atom. The van der Waals surface area contributed by atoms with Crippen molar-refractivity contribution in [2.45, 2.75) is 0 Å². The van der Waals surface area contributed by atoms with Gasteiger partial charge >= 0.3 is 0 Å². The average molecular weight is 298 g/mol. The Labute approximate surface area is 125 Å². The highest BCUT2D eigenvalue weighted by molar-refractivity contribution is 7.17. The number of hydrogen-bond donors (Lipinski definition) is 1. The van der Waals surface area contributed by atoms with E-state index in [1.54, 1.807) is 54.9 Å². The number of nitrogens with zero attached hydrogens (tertiary/aromatic N) is 1. The number of rotatable bonds is 3. The minimum absolute atomic E-state index is 0.214. The third-order valence-electron chi connectivity index (χ3n) is 2.91. The number of pyridine rings is 1. The quantitative estimate of drug-likeness (QED) is 0.787. The zero-order chi connectivity index (χ0) is 14.7. The fraction of sp³-hybridized carbons (Fsp3) is 0. The van der Waals surface area contributed by atoms with Gasteiger partial charge in [-0.25, -0.2) is 4.39 Å². The molecule has 21 heavy (non-hydrogen) atoms. The summed E-state index contributed by atoms with van der Waals surface area (Å²) >= 11 is 1.26. The lowest BCUT2D eigenvalue weighted by Crippen LogP contribution is -2.09. The first kappa shape index (κ1) is 13.5. The number of anilines is 1. The van der Waals surface area contributed by atoms with E-state index in [-0.39, 0.29) is 11.7 Å². The largest absolute Gasteiger partial charge is 0.321 e. The van der Waals surface area contributed by atoms with Gasteiger partial charge in [-0.3, -0.25) is 9.78 Å². The second-order valence-corrected chi connectivity index (χ2v) is 5.42. The zero-order valence-corrected chi connectivity index (χ0v) is 11.7. The third-order valence-corrected chi connectivity index (χ3v) is 4.02. The molecule has 3 rings (SSSR count). The van der Waals surface area contributed by atoms with E-state index in [0.717, 1.165) is 4.88 Å². The first-order chi connectivity index (χ1) is 10.2. The maximum Gasteiger partial charge on any atom is 0.265 e. The van der Waals surface area contributed by atoms with E-state index < -0.39 is 0 Å². The highest BCUT2D eigenvalue weighted by Gasteiger charge is 2.12. The van der Waals surface area contributed by atoms with Crippen LogP contribution in [0.15, 0.2) is 60.9 Å². The van der Waals surface area contributed by atoms with E-state index in [9.17, 15) is 9.18 Å². The van der Waals surface area contributed by atoms with E-state index in [2.05, 4.69) is 10.3 Å². The lowest BCUT2D eigenvalue weighted by molar-refractivity contribution is 0.103. The maximum absolute atomic E-state index is 13.7. The Balaban J connectivity index is 1.82. The molecular formula is C16H11FN2OS. The van der Waals surface area contributed by atoms with Crippen molar-refractivity contribution in [2.24, 2.45) is 0 Å². The predicted molar refractivity (Wildman–Crippen MR) is 81.9 cm³/mol. The Kier molecular flexibility index (Phi) is 3.75. The van der Waals surface area contributed by atoms with Crippen LogP contribution in [0.4, 0.5) is 10.1 Å². The molecule has 0 saturated heterocycles. The van der Waals surface area contributed by atoms with Crippen molar-refractivity contribution >= 4 is 22.9 Å². The maximum atomic E-state index is 13.7. The van der Waals surface area contributed by atoms with Crippen LogP contribution >= 0.6 is 11.3 Å². The van der Waals surface area contributed by atoms with Crippen molar-refractivity contribution in [3.05, 3.63) is 71.6 Å². The summed E-state index contributed by atoms with van der Waals surface area (Å²) in [5.74, 6) is -0.505. The van der Waals surface area contributed by atoms with E-state index in [4.69, 9.17) is 0 Å². The van der Waals surface area contributed by atoms with Crippen molar-refractivity contribution in [1.29, 1.82) is 0 Å². The van der Waals surface area contributed by atoms with Gasteiger partial charge in [0.1, 0.15) is 5.82 Å². The third kappa shape index (κ3) is 2.98. The monoisotopic (exact) mass is 298 g/mol. The van der Waals surface area contributed by atoms with Crippen molar-refractivity contribution in [3.63, 3.8) is 0 Å². The molecule has 1 amide bonds. The van der Waals surface area contributed by atoms with Gasteiger partial charge in [-0.05, 0) is 30.3 Å². The molecule has 0 aliphatic heterocycles. The second-order valence-electron chi connectivity index (χ2n) is 4.33. The average Bonchev–Trinajstić information content (AvgIpc) is 2.98. The molecule has 0 aliphatic rings. The summed E-state index contributed by atoms with van der Waals surface area (Å²) in [6.45, 7) is 0. The fourth-order valence-corrected chi connectivity index (χ4v) is 2.82. The number of hydrogen-bond acceptors (Lipinski definition) is 3. The summed E-state index contributed by atoms with van der Waals surface area (Å²) < 4.78 is 13.7. The molecule has 0 saturated carbocycles. The topological polar surface area (TPSA) is 42.0 Å². The highest BCUT2D eigenvalue weighted by atomic mass is 32.1. The van der Waals surface area contributed by atoms with Crippen LogP contribution in [0.25, 0.3) is 10.4 Å². The van der Waals surface area contributed by atoms with Gasteiger partial charge in [0.25, 0.3) is 5.91 Å². The summed E-state index contributed by atoms with van der Waals surface area (Å²) in [7, 11) is 0. The van der Waals surface area contributed by atoms with Crippen LogP contribution in [0.1, 0.15) is 9.67 Å². The minimum atomic E-state index is -0.291. The van der Waals surface area contributed by atoms with Gasteiger partial charge in [-0.1, -0.05) is 18.2 Å². The molecule has 2 heterocycles. The van der Waals surface area contributed by atoms with Crippen LogP contribution in [0.5, 0.6) is 0 Å². The molecule has 1 N–H and O–H groups in total. The second kappa shape index (κ2) is 5.85. The SMILES string of the molecule is O=C(Nc1ccncc1)c1ccc(-c2ccccc2F)s1. The standard InChI is InChI=1S/C16H11FN2OS/c17-13-4-2-1-3-12(13)14-5-6-15(21-14)16(20)19-11-7-9-18-10-8-11/h1-10H,(H,18,19,20). The van der Waals surface area contributed by atoms with Crippen molar-refractivity contribution in [3.8, 4) is 10.4 Å². The number of amides is 1. The van der Waals surface area contributed by atoms with Crippen molar-refractivity contribution < 1.29 is 9.18 Å². The van der Waals surface area contributed by atoms with Crippen LogP contribution in [-0.2, 0) is 0 Å². The number of aromatic nitrogens is 1. The predicted octanol–water partition coefficient (Wildman–Crippen LogP) is 4.20. The van der Waals surface area contributed by atoms with E-state index in [0.29, 0.717) is 16.1 Å². The molecular weight excluding hydrogens is 287 g/mol. The molecule has 0 bridgehead atoms. The molecule has 0 atom stereocenters. The number of thiophene rings is 1. The first-order valence-electron chi connectivity index (χ1n) is 6.30. The lowest BCUT2D eigenvalue weighted by atomic mass is 10.2. The lowest BCUT2D eigenvalue weighted by Gasteiger charge is -2.02. The molecule has 0 aliphatic carbocycles. The Hall–Kier alpha value is -2.53. The number of carbonyl (C=O) groups excluding carboxylic acids is 1. The molecule has 0 radical (unpaired) electrons. The summed E-state index contributed by atoms with van der Waals surface area (Å²) in [5, 5.41) is 2.78. The van der Waals surface area contributed by atoms with Gasteiger partial charge in [0.2, 0.25) is 0 Å². The van der Waals surface area contributed by atoms with Gasteiger partial charge in [0, 0.05) is 28.5 Å². The van der Waals surface area contributed by atoms with Gasteiger partial charge < -0.3 is 5.32 Å². The van der Waals surface area contributed by atoms with E-state index in [1.165, 1.54) is 17.4 Å². The Morgan fingerprint density at radius 3 is 2.57 bits per heavy atom. The van der Waals surface area contributed by atoms with Crippen LogP contribution in [-0.4, -0.2) is 10.9 Å². The molecule has 3 aromatic rings. The highest BCUT2D eigenvalue weighted by Crippen LogP contribution is 2.30. The van der Waals surface area contributed by atoms with Gasteiger partial charge in [-0.15, -0.1) is 11.3 Å². The van der Waals surface area contributed by atoms with E-state index in [1.807, 2.05) is 0 Å². The van der Waals surface area contributed by atoms with Crippen LogP contribution < -0.4 is 5.32 Å². The summed E-state index contributed by atoms with van der Waals surface area (Å²) in [4.78, 5) is 17.3. The normalized spacial score (nSPS) is 10.3. The Morgan fingerprint density at radius 2 is 1.81 bits per heavy atom. The summed E-state index contributed by atoms with van der Waals surface area (Å²) in [6.07, 6.45) is 3.21. The number of nitrogens with one attached hydrogen (secondary N) is 1. The van der Waals surface area contributed by atoms with Crippen LogP contribution in [0, 0.1) is 5.82 Å². The molecule has 104 valence electrons. The first-order valence-corrected chi connectivity index (χ1v) is 7.12. The molecule has 0 fully saturated rings. The number of carbonyl (C=O) groups is 1. The fourth-order valence-electron chi connectivity index (χ4n) is 1.89. The van der Waals surface area contributed by atoms with Crippen LogP contribution in [0.2, 0.25) is 0 Å². The van der Waals surface area contributed by atoms with Crippen LogP contribution in [0.3, 0.4) is 0 Å². The molecule has 0 spiro atoms. The van der Waals surface area contributed by atoms with Gasteiger partial charge in [-0.2, -0.15) is 0 Å². The number of benzene rings is 1. The molecule has 0 unspecified atom stereocenters. The Bertz CT molecular complexity index is 771. The minimum Gasteiger partial charge on any atom is -0.321 e. The summed E-state index contributed by atoms with van der Waals surface area (Å²) in [6, 6.07) is 13.4. The number of halogens is 1. The summed E-state index contributed by atoms with van der Waals surface area (Å²) in [5.41, 5.74) is 1.18. The van der Waals surface area contributed by atoms with Gasteiger partial charge in [0.05, 0.1) is 4.88 Å². The molecule has 2 aromatic heterocycles. The van der Waals surface area contributed by atoms with Crippen molar-refractivity contribution in [2.75, 3.05) is 5.32 Å².